The molecule has 5 heteroatoms. The first-order valence-corrected chi connectivity index (χ1v) is 19.3. The van der Waals surface area contributed by atoms with Crippen LogP contribution in [0.2, 0.25) is 0 Å². The van der Waals surface area contributed by atoms with E-state index in [1.165, 1.54) is 75.3 Å². The number of carboxylic acid groups (broad SMARTS) is 1. The molecule has 1 aromatic rings. The summed E-state index contributed by atoms with van der Waals surface area (Å²) in [5, 5.41) is 16.7. The minimum atomic E-state index is -0.863. The van der Waals surface area contributed by atoms with Gasteiger partial charge in [0.2, 0.25) is 5.91 Å². The molecule has 6 aliphatic carbocycles. The Hall–Kier alpha value is -2.14. The number of allylic oxidation sites excluding steroid dienone is 2. The van der Waals surface area contributed by atoms with E-state index >= 15 is 0 Å². The fourth-order valence-corrected chi connectivity index (χ4v) is 13.9. The van der Waals surface area contributed by atoms with Gasteiger partial charge in [-0.15, -0.1) is 0 Å². The van der Waals surface area contributed by atoms with Crippen molar-refractivity contribution in [2.45, 2.75) is 131 Å². The molecule has 47 heavy (non-hydrogen) atoms. The maximum atomic E-state index is 13.4. The molecule has 0 aliphatic heterocycles. The van der Waals surface area contributed by atoms with Crippen molar-refractivity contribution in [3.63, 3.8) is 0 Å². The van der Waals surface area contributed by atoms with Gasteiger partial charge in [-0.1, -0.05) is 72.6 Å². The van der Waals surface area contributed by atoms with Gasteiger partial charge < -0.3 is 15.7 Å². The lowest BCUT2D eigenvalue weighted by molar-refractivity contribution is -0.216. The molecule has 258 valence electrons. The number of amides is 1. The Morgan fingerprint density at radius 1 is 0.830 bits per heavy atom. The van der Waals surface area contributed by atoms with Gasteiger partial charge in [-0.25, -0.2) is 4.79 Å². The van der Waals surface area contributed by atoms with Crippen LogP contribution in [0.4, 0.5) is 0 Å². The lowest BCUT2D eigenvalue weighted by Crippen LogP contribution is -2.68. The van der Waals surface area contributed by atoms with Gasteiger partial charge in [0.25, 0.3) is 0 Å². The fraction of sp³-hybridized carbons (Fsp3) is 0.762. The molecule has 5 nitrogen and oxygen atoms in total. The summed E-state index contributed by atoms with van der Waals surface area (Å²) in [6.07, 6.45) is 18.8. The zero-order valence-electron chi connectivity index (χ0n) is 30.2. The van der Waals surface area contributed by atoms with Crippen molar-refractivity contribution in [2.75, 3.05) is 13.1 Å². The van der Waals surface area contributed by atoms with E-state index in [9.17, 15) is 14.7 Å². The molecular weight excluding hydrogens is 580 g/mol. The molecule has 0 radical (unpaired) electrons. The highest BCUT2D eigenvalue weighted by atomic mass is 16.4. The first-order valence-electron chi connectivity index (χ1n) is 19.3. The van der Waals surface area contributed by atoms with Crippen LogP contribution in [0.25, 0.3) is 5.57 Å². The predicted octanol–water partition coefficient (Wildman–Crippen LogP) is 9.13. The van der Waals surface area contributed by atoms with Crippen LogP contribution in [0.1, 0.15) is 141 Å². The molecule has 5 saturated carbocycles. The van der Waals surface area contributed by atoms with E-state index in [-0.39, 0.29) is 22.3 Å². The number of hydrogen-bond donors (Lipinski definition) is 3. The number of fused-ring (bicyclic) bond motifs is 7. The largest absolute Gasteiger partial charge is 0.478 e. The lowest BCUT2D eigenvalue weighted by atomic mass is 9.33. The Morgan fingerprint density at radius 2 is 1.60 bits per heavy atom. The monoisotopic (exact) mass is 642 g/mol. The Balaban J connectivity index is 1.09. The summed E-state index contributed by atoms with van der Waals surface area (Å²) >= 11 is 0. The third-order valence-electron chi connectivity index (χ3n) is 16.3. The van der Waals surface area contributed by atoms with E-state index in [1.54, 1.807) is 12.1 Å². The topological polar surface area (TPSA) is 78.4 Å². The number of benzene rings is 1. The molecule has 0 bridgehead atoms. The van der Waals surface area contributed by atoms with E-state index < -0.39 is 5.97 Å². The minimum absolute atomic E-state index is 0.00420. The highest BCUT2D eigenvalue weighted by Gasteiger charge is 2.69. The molecule has 0 aromatic heterocycles. The first kappa shape index (κ1) is 33.4. The van der Waals surface area contributed by atoms with Gasteiger partial charge in [0, 0.05) is 5.54 Å². The quantitative estimate of drug-likeness (QED) is 0.277. The second-order valence-corrected chi connectivity index (χ2v) is 18.7. The molecule has 5 fully saturated rings. The Bertz CT molecular complexity index is 1420. The molecule has 7 rings (SSSR count). The smallest absolute Gasteiger partial charge is 0.335 e. The van der Waals surface area contributed by atoms with Crippen molar-refractivity contribution in [3.8, 4) is 0 Å². The molecule has 10 atom stereocenters. The fourth-order valence-electron chi connectivity index (χ4n) is 13.9. The van der Waals surface area contributed by atoms with Gasteiger partial charge in [0.15, 0.2) is 0 Å². The normalized spacial score (nSPS) is 43.6. The molecule has 0 spiro atoms. The summed E-state index contributed by atoms with van der Waals surface area (Å²) in [5.41, 5.74) is 3.80. The first-order chi connectivity index (χ1) is 22.2. The number of carboxylic acids is 1. The van der Waals surface area contributed by atoms with Crippen LogP contribution in [0.5, 0.6) is 0 Å². The Labute approximate surface area is 284 Å². The number of aromatic carboxylic acids is 1. The van der Waals surface area contributed by atoms with Gasteiger partial charge in [-0.2, -0.15) is 0 Å². The maximum Gasteiger partial charge on any atom is 0.335 e. The van der Waals surface area contributed by atoms with Gasteiger partial charge in [-0.05, 0) is 158 Å². The van der Waals surface area contributed by atoms with Crippen LogP contribution < -0.4 is 10.6 Å². The number of hydrogen-bond acceptors (Lipinski definition) is 3. The number of nitrogens with one attached hydrogen (secondary N) is 2. The summed E-state index contributed by atoms with van der Waals surface area (Å²) in [6, 6.07) is 7.59. The van der Waals surface area contributed by atoms with Gasteiger partial charge in [-0.3, -0.25) is 4.79 Å². The Kier molecular flexibility index (Phi) is 8.33. The highest BCUT2D eigenvalue weighted by molar-refractivity contribution is 5.88. The van der Waals surface area contributed by atoms with Crippen molar-refractivity contribution in [3.05, 3.63) is 41.5 Å². The molecule has 3 N–H and O–H groups in total. The summed E-state index contributed by atoms with van der Waals surface area (Å²) in [7, 11) is 0. The molecule has 6 aliphatic rings. The van der Waals surface area contributed by atoms with Crippen molar-refractivity contribution < 1.29 is 14.7 Å². The van der Waals surface area contributed by atoms with Crippen LogP contribution in [0.3, 0.4) is 0 Å². The molecule has 3 unspecified atom stereocenters. The van der Waals surface area contributed by atoms with E-state index in [1.807, 2.05) is 12.1 Å². The van der Waals surface area contributed by atoms with Crippen LogP contribution in [-0.2, 0) is 4.79 Å². The van der Waals surface area contributed by atoms with Crippen molar-refractivity contribution in [1.29, 1.82) is 0 Å². The van der Waals surface area contributed by atoms with Gasteiger partial charge >= 0.3 is 5.97 Å². The minimum Gasteiger partial charge on any atom is -0.478 e. The molecule has 0 heterocycles. The van der Waals surface area contributed by atoms with Gasteiger partial charge in [0.05, 0.1) is 12.1 Å². The summed E-state index contributed by atoms with van der Waals surface area (Å²) in [6.45, 7) is 16.7. The highest BCUT2D eigenvalue weighted by Crippen LogP contribution is 2.76. The summed E-state index contributed by atoms with van der Waals surface area (Å²) < 4.78 is 0. The van der Waals surface area contributed by atoms with E-state index in [0.29, 0.717) is 46.6 Å². The van der Waals surface area contributed by atoms with Crippen molar-refractivity contribution in [2.24, 2.45) is 57.2 Å². The SMILES string of the molecule is C[C@H]1CCC(CNCC(=O)N[C@]23CCC[C@@H]2[C@H]2CCC4[C@@]5(C)CC=C(c6ccc(C(=O)O)cc6)C(C)(C)C5CC[C@@]4(C)[C@]2(C)CC3)C1. The zero-order chi connectivity index (χ0) is 33.4. The van der Waals surface area contributed by atoms with Crippen molar-refractivity contribution in [1.82, 2.24) is 10.6 Å². The van der Waals surface area contributed by atoms with Crippen LogP contribution in [-0.4, -0.2) is 35.6 Å². The van der Waals surface area contributed by atoms with Crippen LogP contribution in [0.15, 0.2) is 30.3 Å². The van der Waals surface area contributed by atoms with Crippen LogP contribution >= 0.6 is 0 Å². The molecular formula is C42H62N2O3. The van der Waals surface area contributed by atoms with E-state index in [4.69, 9.17) is 0 Å². The predicted molar refractivity (Wildman–Crippen MR) is 190 cm³/mol. The number of carbonyl (C=O) groups excluding carboxylic acids is 1. The molecule has 0 saturated heterocycles. The van der Waals surface area contributed by atoms with Crippen molar-refractivity contribution >= 4 is 17.4 Å². The van der Waals surface area contributed by atoms with E-state index in [2.05, 4.69) is 58.3 Å². The van der Waals surface area contributed by atoms with Gasteiger partial charge in [0.1, 0.15) is 0 Å². The lowest BCUT2D eigenvalue weighted by Gasteiger charge is -2.72. The average Bonchev–Trinajstić information content (AvgIpc) is 3.63. The average molecular weight is 643 g/mol. The van der Waals surface area contributed by atoms with Crippen LogP contribution in [0, 0.1) is 57.2 Å². The second-order valence-electron chi connectivity index (χ2n) is 18.7. The summed E-state index contributed by atoms with van der Waals surface area (Å²) in [5.74, 6) is 3.51. The number of carbonyl (C=O) groups is 2. The molecule has 1 aromatic carbocycles. The standard InChI is InChI=1S/C42H62N2O3/c1-27-9-10-28(24-27)25-43-26-36(45)44-42-19-7-8-33(42)32-15-16-35-39(4)20-17-31(29-11-13-30(14-12-29)37(46)47)38(2,3)34(39)18-21-41(35,6)40(32,5)22-23-42/h11-14,17,27-28,32-35,43H,7-10,15-16,18-26H2,1-6H3,(H,44,45)(H,46,47)/t27-,28?,32+,33+,34?,35?,39-,40+,41+,42-/m0/s1. The third-order valence-corrected chi connectivity index (χ3v) is 16.3. The Morgan fingerprint density at radius 3 is 2.30 bits per heavy atom. The third kappa shape index (κ3) is 5.18. The van der Waals surface area contributed by atoms with E-state index in [0.717, 1.165) is 37.6 Å². The summed E-state index contributed by atoms with van der Waals surface area (Å²) in [4.78, 5) is 25.0. The second kappa shape index (κ2) is 11.7. The molecule has 1 amide bonds. The number of rotatable bonds is 7. The zero-order valence-corrected chi connectivity index (χ0v) is 30.2. The maximum absolute atomic E-state index is 13.4.